The van der Waals surface area contributed by atoms with Gasteiger partial charge in [-0.3, -0.25) is 9.59 Å². The van der Waals surface area contributed by atoms with Crippen LogP contribution in [0.2, 0.25) is 0 Å². The van der Waals surface area contributed by atoms with Crippen molar-refractivity contribution in [3.8, 4) is 6.07 Å². The highest BCUT2D eigenvalue weighted by molar-refractivity contribution is 6.03. The summed E-state index contributed by atoms with van der Waals surface area (Å²) in [6.07, 6.45) is -0.694. The molecule has 0 aromatic heterocycles. The number of nitrogens with zero attached hydrogens (tertiary/aromatic N) is 2. The molecule has 2 aliphatic rings. The molecule has 0 radical (unpaired) electrons. The molecule has 1 heterocycles. The maximum absolute atomic E-state index is 12.4. The fourth-order valence-electron chi connectivity index (χ4n) is 2.89. The Balaban J connectivity index is 2.27. The lowest BCUT2D eigenvalue weighted by Crippen LogP contribution is -2.50. The van der Waals surface area contributed by atoms with Gasteiger partial charge in [0, 0.05) is 12.5 Å². The summed E-state index contributed by atoms with van der Waals surface area (Å²) in [7, 11) is 0. The first kappa shape index (κ1) is 13.7. The van der Waals surface area contributed by atoms with E-state index in [9.17, 15) is 18.4 Å². The van der Waals surface area contributed by atoms with Crippen molar-refractivity contribution in [2.45, 2.75) is 19.8 Å². The molecule has 1 amide bonds. The highest BCUT2D eigenvalue weighted by atomic mass is 19.3. The average Bonchev–Trinajstić information content (AvgIpc) is 2.36. The number of Topliss-reactive ketones (excluding diaryl/α,β-unsaturated/α-hetero) is 1. The van der Waals surface area contributed by atoms with Crippen LogP contribution in [0.4, 0.5) is 8.78 Å². The summed E-state index contributed by atoms with van der Waals surface area (Å²) in [4.78, 5) is 25.1. The number of nitriles is 1. The van der Waals surface area contributed by atoms with Crippen LogP contribution in [-0.2, 0) is 9.59 Å². The largest absolute Gasteiger partial charge is 0.336 e. The van der Waals surface area contributed by atoms with Crippen molar-refractivity contribution in [3.05, 3.63) is 11.6 Å². The monoisotopic (exact) mass is 268 g/mol. The molecule has 1 fully saturated rings. The maximum Gasteiger partial charge on any atom is 0.255 e. The number of allylic oxidation sites excluding steroid dienone is 1. The number of carbonyl (C=O) groups excluding carboxylic acids is 2. The average molecular weight is 268 g/mol. The second-order valence-corrected chi connectivity index (χ2v) is 5.00. The number of halogens is 2. The van der Waals surface area contributed by atoms with E-state index in [2.05, 4.69) is 0 Å². The topological polar surface area (TPSA) is 61.2 Å². The van der Waals surface area contributed by atoms with Crippen LogP contribution >= 0.6 is 0 Å². The van der Waals surface area contributed by atoms with Gasteiger partial charge in [-0.15, -0.1) is 0 Å². The van der Waals surface area contributed by atoms with Crippen LogP contribution in [0, 0.1) is 29.1 Å². The predicted molar refractivity (Wildman–Crippen MR) is 62.0 cm³/mol. The van der Waals surface area contributed by atoms with Gasteiger partial charge in [0.25, 0.3) is 6.43 Å². The number of piperidine rings is 1. The fourth-order valence-corrected chi connectivity index (χ4v) is 2.89. The van der Waals surface area contributed by atoms with E-state index in [0.717, 1.165) is 4.90 Å². The molecule has 19 heavy (non-hydrogen) atoms. The summed E-state index contributed by atoms with van der Waals surface area (Å²) >= 11 is 0. The zero-order chi connectivity index (χ0) is 14.2. The molecular weight excluding hydrogens is 254 g/mol. The first-order valence-corrected chi connectivity index (χ1v) is 6.18. The normalized spacial score (nSPS) is 31.0. The molecule has 102 valence electrons. The van der Waals surface area contributed by atoms with Crippen LogP contribution in [0.15, 0.2) is 11.6 Å². The number of hydrogen-bond acceptors (Lipinski definition) is 3. The molecule has 1 aliphatic carbocycles. The fraction of sp³-hybridized carbons (Fsp3) is 0.615. The summed E-state index contributed by atoms with van der Waals surface area (Å²) in [5.74, 6) is -1.84. The van der Waals surface area contributed by atoms with Crippen LogP contribution in [0.25, 0.3) is 0 Å². The summed E-state index contributed by atoms with van der Waals surface area (Å²) in [6, 6.07) is 1.79. The van der Waals surface area contributed by atoms with Crippen LogP contribution in [0.1, 0.15) is 13.3 Å². The molecule has 1 saturated heterocycles. The minimum absolute atomic E-state index is 0.0269. The number of amides is 1. The number of fused-ring (bicyclic) bond motifs is 1. The van der Waals surface area contributed by atoms with Gasteiger partial charge in [0.2, 0.25) is 5.91 Å². The van der Waals surface area contributed by atoms with Gasteiger partial charge in [-0.2, -0.15) is 5.26 Å². The number of carbonyl (C=O) groups is 2. The van der Waals surface area contributed by atoms with E-state index in [1.54, 1.807) is 13.0 Å². The second-order valence-electron chi connectivity index (χ2n) is 5.00. The number of hydrogen-bond donors (Lipinski definition) is 0. The SMILES string of the molecule is CC1C(=O)C(C#N)=CC2C(=O)N(CC(F)F)CCC12. The van der Waals surface area contributed by atoms with Gasteiger partial charge < -0.3 is 4.90 Å². The Labute approximate surface area is 109 Å². The third-order valence-electron chi connectivity index (χ3n) is 3.94. The molecule has 3 unspecified atom stereocenters. The third kappa shape index (κ3) is 2.37. The lowest BCUT2D eigenvalue weighted by molar-refractivity contribution is -0.143. The second kappa shape index (κ2) is 5.08. The molecular formula is C13H14F2N2O2. The summed E-state index contributed by atoms with van der Waals surface area (Å²) in [5, 5.41) is 8.88. The van der Waals surface area contributed by atoms with Crippen molar-refractivity contribution in [2.24, 2.45) is 17.8 Å². The van der Waals surface area contributed by atoms with Gasteiger partial charge in [0.1, 0.15) is 6.07 Å². The molecule has 1 aliphatic heterocycles. The van der Waals surface area contributed by atoms with E-state index in [-0.39, 0.29) is 23.8 Å². The number of rotatable bonds is 2. The first-order chi connectivity index (χ1) is 8.95. The van der Waals surface area contributed by atoms with Crippen LogP contribution in [0.3, 0.4) is 0 Å². The maximum atomic E-state index is 12.4. The lowest BCUT2D eigenvalue weighted by Gasteiger charge is -2.40. The standard InChI is InChI=1S/C13H14F2N2O2/c1-7-9-2-3-17(6-11(14)15)13(19)10(9)4-8(5-16)12(7)18/h4,7,9-11H,2-3,6H2,1H3. The molecule has 3 atom stereocenters. The quantitative estimate of drug-likeness (QED) is 0.760. The van der Waals surface area contributed by atoms with E-state index in [1.807, 2.05) is 0 Å². The summed E-state index contributed by atoms with van der Waals surface area (Å²) in [6.45, 7) is 1.36. The molecule has 6 heteroatoms. The van der Waals surface area contributed by atoms with Gasteiger partial charge >= 0.3 is 0 Å². The molecule has 0 N–H and O–H groups in total. The molecule has 0 aromatic carbocycles. The Morgan fingerprint density at radius 1 is 1.53 bits per heavy atom. The molecule has 4 nitrogen and oxygen atoms in total. The summed E-state index contributed by atoms with van der Waals surface area (Å²) in [5.41, 5.74) is -0.0269. The van der Waals surface area contributed by atoms with Gasteiger partial charge in [-0.25, -0.2) is 8.78 Å². The minimum atomic E-state index is -2.57. The first-order valence-electron chi connectivity index (χ1n) is 6.18. The van der Waals surface area contributed by atoms with Crippen molar-refractivity contribution in [2.75, 3.05) is 13.1 Å². The number of likely N-dealkylation sites (tertiary alicyclic amines) is 1. The highest BCUT2D eigenvalue weighted by Gasteiger charge is 2.44. The van der Waals surface area contributed by atoms with E-state index < -0.39 is 30.7 Å². The van der Waals surface area contributed by atoms with Crippen LogP contribution in [0.5, 0.6) is 0 Å². The molecule has 0 bridgehead atoms. The van der Waals surface area contributed by atoms with E-state index in [1.165, 1.54) is 6.08 Å². The van der Waals surface area contributed by atoms with Gasteiger partial charge in [0.05, 0.1) is 18.0 Å². The Bertz CT molecular complexity index is 482. The smallest absolute Gasteiger partial charge is 0.255 e. The highest BCUT2D eigenvalue weighted by Crippen LogP contribution is 2.37. The Kier molecular flexibility index (Phi) is 3.65. The van der Waals surface area contributed by atoms with E-state index >= 15 is 0 Å². The number of alkyl halides is 2. The zero-order valence-corrected chi connectivity index (χ0v) is 10.5. The van der Waals surface area contributed by atoms with Crippen molar-refractivity contribution in [1.82, 2.24) is 4.90 Å². The zero-order valence-electron chi connectivity index (χ0n) is 10.5. The molecule has 2 rings (SSSR count). The van der Waals surface area contributed by atoms with Gasteiger partial charge in [-0.05, 0) is 12.3 Å². The van der Waals surface area contributed by atoms with Crippen molar-refractivity contribution >= 4 is 11.7 Å². The van der Waals surface area contributed by atoms with Gasteiger partial charge in [-0.1, -0.05) is 13.0 Å². The van der Waals surface area contributed by atoms with Gasteiger partial charge in [0.15, 0.2) is 5.78 Å². The molecule has 0 spiro atoms. The Morgan fingerprint density at radius 3 is 2.79 bits per heavy atom. The van der Waals surface area contributed by atoms with Crippen molar-refractivity contribution in [3.63, 3.8) is 0 Å². The Hall–Kier alpha value is -1.77. The third-order valence-corrected chi connectivity index (χ3v) is 3.94. The molecule has 0 saturated carbocycles. The minimum Gasteiger partial charge on any atom is -0.336 e. The van der Waals surface area contributed by atoms with Crippen LogP contribution in [-0.4, -0.2) is 36.1 Å². The Morgan fingerprint density at radius 2 is 2.21 bits per heavy atom. The van der Waals surface area contributed by atoms with E-state index in [4.69, 9.17) is 5.26 Å². The molecule has 0 aromatic rings. The van der Waals surface area contributed by atoms with Crippen molar-refractivity contribution < 1.29 is 18.4 Å². The predicted octanol–water partition coefficient (Wildman–Crippen LogP) is 1.38. The van der Waals surface area contributed by atoms with E-state index in [0.29, 0.717) is 6.42 Å². The van der Waals surface area contributed by atoms with Crippen LogP contribution < -0.4 is 0 Å². The van der Waals surface area contributed by atoms with Crippen molar-refractivity contribution in [1.29, 1.82) is 5.26 Å². The lowest BCUT2D eigenvalue weighted by atomic mass is 9.69. The number of ketones is 1. The summed E-state index contributed by atoms with van der Waals surface area (Å²) < 4.78 is 24.8.